The largest absolute Gasteiger partial charge is 0.519 e. The summed E-state index contributed by atoms with van der Waals surface area (Å²) < 4.78 is 29.7. The number of aliphatic hydroxyl groups is 1. The number of halogens is 4. The standard InChI is InChI=1S/C7H7.CHF3O.BrH.Zn/c1-7-5-3-2-4-6-7;2-1(3,4)5;;/h2-6H,1H2;5H;1H;/q-1;;;. The van der Waals surface area contributed by atoms with E-state index < -0.39 is 6.36 Å². The van der Waals surface area contributed by atoms with Gasteiger partial charge in [-0.1, -0.05) is 6.07 Å². The zero-order valence-corrected chi connectivity index (χ0v) is 12.0. The number of hydrogen-bond acceptors (Lipinski definition) is 1. The molecule has 6 heteroatoms. The van der Waals surface area contributed by atoms with Gasteiger partial charge in [-0.05, 0) is 0 Å². The monoisotopic (exact) mass is 321 g/mol. The van der Waals surface area contributed by atoms with Gasteiger partial charge >= 0.3 is 6.36 Å². The molecule has 1 aromatic carbocycles. The molecular formula is C8H9BrF3OZn-. The molecule has 0 aliphatic rings. The fourth-order valence-electron chi connectivity index (χ4n) is 0.478. The molecule has 0 unspecified atom stereocenters. The van der Waals surface area contributed by atoms with Crippen molar-refractivity contribution in [1.29, 1.82) is 0 Å². The third-order valence-electron chi connectivity index (χ3n) is 0.843. The molecule has 0 radical (unpaired) electrons. The van der Waals surface area contributed by atoms with E-state index in [-0.39, 0.29) is 36.5 Å². The molecular weight excluding hydrogens is 314 g/mol. The maximum absolute atomic E-state index is 9.91. The SMILES string of the molecule is Br.OC(F)(F)F.[CH2-]c1ccccc1.[Zn]. The van der Waals surface area contributed by atoms with E-state index in [1.807, 2.05) is 30.3 Å². The maximum atomic E-state index is 9.91. The van der Waals surface area contributed by atoms with Crippen molar-refractivity contribution < 1.29 is 37.8 Å². The Kier molecular flexibility index (Phi) is 13.2. The molecule has 0 saturated carbocycles. The summed E-state index contributed by atoms with van der Waals surface area (Å²) in [5.74, 6) is 0. The summed E-state index contributed by atoms with van der Waals surface area (Å²) in [6.45, 7) is 3.72. The molecule has 1 nitrogen and oxygen atoms in total. The Morgan fingerprint density at radius 1 is 1.07 bits per heavy atom. The van der Waals surface area contributed by atoms with E-state index in [9.17, 15) is 13.2 Å². The van der Waals surface area contributed by atoms with Crippen LogP contribution >= 0.6 is 17.0 Å². The van der Waals surface area contributed by atoms with Crippen molar-refractivity contribution in [3.63, 3.8) is 0 Å². The van der Waals surface area contributed by atoms with Gasteiger partial charge in [0.15, 0.2) is 0 Å². The van der Waals surface area contributed by atoms with E-state index in [2.05, 4.69) is 6.92 Å². The zero-order chi connectivity index (χ0) is 9.61. The van der Waals surface area contributed by atoms with Crippen LogP contribution < -0.4 is 0 Å². The predicted molar refractivity (Wildman–Crippen MR) is 49.5 cm³/mol. The molecule has 0 aliphatic heterocycles. The molecule has 78 valence electrons. The van der Waals surface area contributed by atoms with Gasteiger partial charge in [-0.25, -0.2) is 0 Å². The minimum absolute atomic E-state index is 0. The fraction of sp³-hybridized carbons (Fsp3) is 0.125. The number of rotatable bonds is 0. The van der Waals surface area contributed by atoms with Crippen LogP contribution in [0.3, 0.4) is 0 Å². The smallest absolute Gasteiger partial charge is 0.308 e. The minimum Gasteiger partial charge on any atom is -0.308 e. The number of benzene rings is 1. The normalized spacial score (nSPS) is 8.57. The molecule has 14 heavy (non-hydrogen) atoms. The summed E-state index contributed by atoms with van der Waals surface area (Å²) in [6.07, 6.45) is -5.00. The first-order chi connectivity index (χ1) is 5.39. The van der Waals surface area contributed by atoms with E-state index in [0.29, 0.717) is 0 Å². The van der Waals surface area contributed by atoms with E-state index in [0.717, 1.165) is 5.56 Å². The number of alkyl halides is 3. The Bertz CT molecular complexity index is 210. The van der Waals surface area contributed by atoms with Gasteiger partial charge in [0.05, 0.1) is 0 Å². The van der Waals surface area contributed by atoms with Crippen molar-refractivity contribution in [2.24, 2.45) is 0 Å². The van der Waals surface area contributed by atoms with Crippen LogP contribution in [0, 0.1) is 6.92 Å². The van der Waals surface area contributed by atoms with E-state index in [4.69, 9.17) is 5.11 Å². The first kappa shape index (κ1) is 19.5. The van der Waals surface area contributed by atoms with Crippen LogP contribution in [-0.4, -0.2) is 11.5 Å². The van der Waals surface area contributed by atoms with E-state index in [1.54, 1.807) is 0 Å². The Labute approximate surface area is 104 Å². The summed E-state index contributed by atoms with van der Waals surface area (Å²) in [4.78, 5) is 0. The fourth-order valence-corrected chi connectivity index (χ4v) is 0.478. The summed E-state index contributed by atoms with van der Waals surface area (Å²) in [7, 11) is 0. The van der Waals surface area contributed by atoms with Crippen LogP contribution in [0.25, 0.3) is 0 Å². The van der Waals surface area contributed by atoms with Crippen molar-refractivity contribution >= 4 is 17.0 Å². The Balaban J connectivity index is -0.000000159. The molecule has 0 aliphatic carbocycles. The molecule has 0 saturated heterocycles. The van der Waals surface area contributed by atoms with Crippen LogP contribution in [0.5, 0.6) is 0 Å². The summed E-state index contributed by atoms with van der Waals surface area (Å²) in [6, 6.07) is 9.87. The van der Waals surface area contributed by atoms with Crippen molar-refractivity contribution in [2.75, 3.05) is 0 Å². The second-order valence-electron chi connectivity index (χ2n) is 1.95. The molecule has 0 amide bonds. The van der Waals surface area contributed by atoms with Crippen LogP contribution in [0.2, 0.25) is 0 Å². The van der Waals surface area contributed by atoms with Gasteiger partial charge < -0.3 is 5.11 Å². The van der Waals surface area contributed by atoms with Crippen molar-refractivity contribution in [3.8, 4) is 0 Å². The zero-order valence-electron chi connectivity index (χ0n) is 7.29. The maximum Gasteiger partial charge on any atom is 0.519 e. The number of hydrogen-bond donors (Lipinski definition) is 1. The second kappa shape index (κ2) is 9.50. The third kappa shape index (κ3) is 22.7. The minimum atomic E-state index is -5.00. The van der Waals surface area contributed by atoms with Gasteiger partial charge in [0, 0.05) is 19.5 Å². The van der Waals surface area contributed by atoms with Crippen molar-refractivity contribution in [2.45, 2.75) is 6.36 Å². The Morgan fingerprint density at radius 3 is 1.50 bits per heavy atom. The Hall–Kier alpha value is -0.0566. The quantitative estimate of drug-likeness (QED) is 0.575. The van der Waals surface area contributed by atoms with Crippen LogP contribution in [0.1, 0.15) is 5.56 Å². The van der Waals surface area contributed by atoms with Gasteiger partial charge in [0.1, 0.15) is 0 Å². The third-order valence-corrected chi connectivity index (χ3v) is 0.843. The molecule has 0 fully saturated rings. The van der Waals surface area contributed by atoms with Gasteiger partial charge in [0.25, 0.3) is 0 Å². The molecule has 1 rings (SSSR count). The van der Waals surface area contributed by atoms with Gasteiger partial charge in [-0.2, -0.15) is 24.6 Å². The van der Waals surface area contributed by atoms with Crippen LogP contribution in [0.4, 0.5) is 13.2 Å². The van der Waals surface area contributed by atoms with Crippen LogP contribution in [0.15, 0.2) is 30.3 Å². The molecule has 1 aromatic rings. The summed E-state index contributed by atoms with van der Waals surface area (Å²) >= 11 is 0. The second-order valence-corrected chi connectivity index (χ2v) is 1.95. The van der Waals surface area contributed by atoms with Gasteiger partial charge in [-0.3, -0.25) is 0 Å². The first-order valence-electron chi connectivity index (χ1n) is 3.05. The van der Waals surface area contributed by atoms with Gasteiger partial charge in [-0.15, -0.1) is 42.3 Å². The van der Waals surface area contributed by atoms with E-state index >= 15 is 0 Å². The molecule has 0 bridgehead atoms. The summed E-state index contributed by atoms with van der Waals surface area (Å²) in [5.41, 5.74) is 1.07. The molecule has 1 N–H and O–H groups in total. The molecule has 0 atom stereocenters. The molecule has 0 heterocycles. The average Bonchev–Trinajstić information content (AvgIpc) is 1.85. The predicted octanol–water partition coefficient (Wildman–Crippen LogP) is 2.94. The van der Waals surface area contributed by atoms with E-state index in [1.165, 1.54) is 0 Å². The molecule has 0 aromatic heterocycles. The average molecular weight is 323 g/mol. The molecule has 0 spiro atoms. The Morgan fingerprint density at radius 2 is 1.36 bits per heavy atom. The van der Waals surface area contributed by atoms with Crippen molar-refractivity contribution in [1.82, 2.24) is 0 Å². The van der Waals surface area contributed by atoms with Gasteiger partial charge in [0.2, 0.25) is 0 Å². The summed E-state index contributed by atoms with van der Waals surface area (Å²) in [5, 5.41) is 6.52. The first-order valence-corrected chi connectivity index (χ1v) is 3.05. The topological polar surface area (TPSA) is 20.2 Å². The van der Waals surface area contributed by atoms with Crippen molar-refractivity contribution in [3.05, 3.63) is 42.8 Å². The van der Waals surface area contributed by atoms with Crippen LogP contribution in [-0.2, 0) is 19.5 Å².